The summed E-state index contributed by atoms with van der Waals surface area (Å²) in [7, 11) is 2.36. The number of nitriles is 1. The number of anilines is 1. The van der Waals surface area contributed by atoms with Gasteiger partial charge in [0, 0.05) is 6.42 Å². The van der Waals surface area contributed by atoms with Crippen molar-refractivity contribution in [3.63, 3.8) is 0 Å². The number of aryl methyl sites for hydroxylation is 2. The molecule has 9 heteroatoms. The van der Waals surface area contributed by atoms with Crippen molar-refractivity contribution in [3.05, 3.63) is 87.9 Å². The summed E-state index contributed by atoms with van der Waals surface area (Å²) >= 11 is 0. The van der Waals surface area contributed by atoms with Gasteiger partial charge in [0.25, 0.3) is 0 Å². The molecule has 35 heavy (non-hydrogen) atoms. The summed E-state index contributed by atoms with van der Waals surface area (Å²) in [6.45, 7) is 1.77. The number of methoxy groups -OCH3 is 2. The molecular weight excluding hydrogens is 450 g/mol. The number of nitrogens with two attached hydrogens (primary N) is 1. The average molecular weight is 476 g/mol. The Morgan fingerprint density at radius 3 is 2.31 bits per heavy atom. The molecule has 0 fully saturated rings. The second kappa shape index (κ2) is 10.6. The van der Waals surface area contributed by atoms with Gasteiger partial charge in [-0.1, -0.05) is 42.5 Å². The van der Waals surface area contributed by atoms with Gasteiger partial charge in [-0.3, -0.25) is 9.69 Å². The number of allylic oxidation sites excluding steroid dienone is 1. The predicted molar refractivity (Wildman–Crippen MR) is 127 cm³/mol. The predicted octanol–water partition coefficient (Wildman–Crippen LogP) is 2.91. The maximum atomic E-state index is 13.1. The van der Waals surface area contributed by atoms with Gasteiger partial charge >= 0.3 is 17.9 Å². The largest absolute Gasteiger partial charge is 0.481 e. The number of aliphatic carboxylic acids is 1. The SMILES string of the molecule is COC(=O)C1=C(C(=O)OC)N(c2cc(CCC(=O)O)ccc2C)C(N)=C(C#N)C1c1ccccc1. The summed E-state index contributed by atoms with van der Waals surface area (Å²) in [6, 6.07) is 16.0. The first-order chi connectivity index (χ1) is 16.7. The third-order valence-corrected chi connectivity index (χ3v) is 5.75. The number of benzene rings is 2. The number of esters is 2. The number of nitrogens with zero attached hydrogens (tertiary/aromatic N) is 2. The number of carboxylic acid groups (broad SMARTS) is 1. The molecule has 1 atom stereocenters. The van der Waals surface area contributed by atoms with Gasteiger partial charge in [0.15, 0.2) is 0 Å². The maximum absolute atomic E-state index is 13.1. The van der Waals surface area contributed by atoms with Crippen LogP contribution in [-0.2, 0) is 30.3 Å². The zero-order valence-electron chi connectivity index (χ0n) is 19.6. The van der Waals surface area contributed by atoms with E-state index in [2.05, 4.69) is 6.07 Å². The van der Waals surface area contributed by atoms with Crippen molar-refractivity contribution in [2.75, 3.05) is 19.1 Å². The van der Waals surface area contributed by atoms with E-state index in [9.17, 15) is 19.6 Å². The standard InChI is InChI=1S/C26H25N3O6/c1-15-9-10-16(11-12-20(30)31)13-19(15)29-23(26(33)35-3)22(25(32)34-2)21(18(14-27)24(29)28)17-7-5-4-6-8-17/h4-10,13,21H,11-12,28H2,1-3H3,(H,30,31). The lowest BCUT2D eigenvalue weighted by atomic mass is 9.80. The highest BCUT2D eigenvalue weighted by atomic mass is 16.5. The van der Waals surface area contributed by atoms with Gasteiger partial charge in [0.05, 0.1) is 43.0 Å². The molecule has 0 spiro atoms. The topological polar surface area (TPSA) is 143 Å². The van der Waals surface area contributed by atoms with Crippen LogP contribution in [0.1, 0.15) is 29.0 Å². The fourth-order valence-electron chi connectivity index (χ4n) is 4.07. The molecule has 1 aliphatic rings. The quantitative estimate of drug-likeness (QED) is 0.578. The number of carbonyl (C=O) groups excluding carboxylic acids is 2. The van der Waals surface area contributed by atoms with Crippen molar-refractivity contribution in [1.29, 1.82) is 5.26 Å². The van der Waals surface area contributed by atoms with Crippen molar-refractivity contribution >= 4 is 23.6 Å². The van der Waals surface area contributed by atoms with Crippen molar-refractivity contribution in [2.45, 2.75) is 25.7 Å². The zero-order valence-corrected chi connectivity index (χ0v) is 19.6. The van der Waals surface area contributed by atoms with E-state index >= 15 is 0 Å². The fourth-order valence-corrected chi connectivity index (χ4v) is 4.07. The Kier molecular flexibility index (Phi) is 7.56. The highest BCUT2D eigenvalue weighted by molar-refractivity contribution is 6.06. The summed E-state index contributed by atoms with van der Waals surface area (Å²) in [5, 5.41) is 19.2. The van der Waals surface area contributed by atoms with E-state index in [0.717, 1.165) is 0 Å². The van der Waals surface area contributed by atoms with Crippen LogP contribution >= 0.6 is 0 Å². The van der Waals surface area contributed by atoms with Crippen molar-refractivity contribution in [1.82, 2.24) is 0 Å². The number of carboxylic acids is 1. The second-order valence-electron chi connectivity index (χ2n) is 7.85. The van der Waals surface area contributed by atoms with Crippen LogP contribution in [0, 0.1) is 18.3 Å². The van der Waals surface area contributed by atoms with E-state index in [4.69, 9.17) is 20.3 Å². The normalized spacial score (nSPS) is 15.5. The molecule has 3 rings (SSSR count). The average Bonchev–Trinajstić information content (AvgIpc) is 2.87. The summed E-state index contributed by atoms with van der Waals surface area (Å²) in [5.41, 5.74) is 8.63. The minimum atomic E-state index is -0.963. The Morgan fingerprint density at radius 1 is 1.09 bits per heavy atom. The molecule has 0 bridgehead atoms. The van der Waals surface area contributed by atoms with Crippen molar-refractivity contribution in [2.24, 2.45) is 5.73 Å². The molecule has 3 N–H and O–H groups in total. The third-order valence-electron chi connectivity index (χ3n) is 5.75. The third kappa shape index (κ3) is 4.87. The van der Waals surface area contributed by atoms with E-state index < -0.39 is 23.8 Å². The Hall–Kier alpha value is -4.58. The van der Waals surface area contributed by atoms with Crippen LogP contribution in [0.4, 0.5) is 5.69 Å². The van der Waals surface area contributed by atoms with E-state index in [0.29, 0.717) is 22.4 Å². The molecule has 0 saturated heterocycles. The van der Waals surface area contributed by atoms with Crippen LogP contribution in [-0.4, -0.2) is 37.2 Å². The Morgan fingerprint density at radius 2 is 1.74 bits per heavy atom. The molecule has 0 amide bonds. The molecule has 1 aliphatic heterocycles. The highest BCUT2D eigenvalue weighted by Gasteiger charge is 2.43. The highest BCUT2D eigenvalue weighted by Crippen LogP contribution is 2.44. The van der Waals surface area contributed by atoms with E-state index in [-0.39, 0.29) is 35.5 Å². The maximum Gasteiger partial charge on any atom is 0.355 e. The molecule has 180 valence electrons. The fraction of sp³-hybridized carbons (Fsp3) is 0.231. The molecule has 2 aromatic rings. The first-order valence-corrected chi connectivity index (χ1v) is 10.7. The Bertz CT molecular complexity index is 1270. The van der Waals surface area contributed by atoms with Gasteiger partial charge < -0.3 is 20.3 Å². The lowest BCUT2D eigenvalue weighted by Crippen LogP contribution is -2.41. The second-order valence-corrected chi connectivity index (χ2v) is 7.85. The van der Waals surface area contributed by atoms with Crippen molar-refractivity contribution in [3.8, 4) is 6.07 Å². The number of ether oxygens (including phenoxy) is 2. The minimum absolute atomic E-state index is 0.0482. The molecule has 0 radical (unpaired) electrons. The molecule has 2 aromatic carbocycles. The lowest BCUT2D eigenvalue weighted by molar-refractivity contribution is -0.139. The van der Waals surface area contributed by atoms with Gasteiger partial charge in [0.1, 0.15) is 11.5 Å². The summed E-state index contributed by atoms with van der Waals surface area (Å²) in [4.78, 5) is 38.6. The molecule has 0 aliphatic carbocycles. The van der Waals surface area contributed by atoms with Gasteiger partial charge in [-0.05, 0) is 36.1 Å². The summed E-state index contributed by atoms with van der Waals surface area (Å²) in [6.07, 6.45) is 0.138. The molecule has 0 aromatic heterocycles. The van der Waals surface area contributed by atoms with Crippen LogP contribution in [0.15, 0.2) is 71.2 Å². The Balaban J connectivity index is 2.36. The first-order valence-electron chi connectivity index (χ1n) is 10.7. The van der Waals surface area contributed by atoms with Crippen LogP contribution in [0.25, 0.3) is 0 Å². The lowest BCUT2D eigenvalue weighted by Gasteiger charge is -2.36. The van der Waals surface area contributed by atoms with Crippen LogP contribution in [0.2, 0.25) is 0 Å². The molecular formula is C26H25N3O6. The van der Waals surface area contributed by atoms with E-state index in [1.807, 2.05) is 0 Å². The first kappa shape index (κ1) is 25.1. The van der Waals surface area contributed by atoms with Gasteiger partial charge in [-0.15, -0.1) is 0 Å². The van der Waals surface area contributed by atoms with Crippen molar-refractivity contribution < 1.29 is 29.0 Å². The molecule has 9 nitrogen and oxygen atoms in total. The van der Waals surface area contributed by atoms with Gasteiger partial charge in [-0.2, -0.15) is 5.26 Å². The van der Waals surface area contributed by atoms with Crippen LogP contribution in [0.3, 0.4) is 0 Å². The molecule has 1 heterocycles. The smallest absolute Gasteiger partial charge is 0.355 e. The number of hydrogen-bond donors (Lipinski definition) is 2. The molecule has 1 unspecified atom stereocenters. The van der Waals surface area contributed by atoms with Gasteiger partial charge in [0.2, 0.25) is 0 Å². The van der Waals surface area contributed by atoms with E-state index in [1.165, 1.54) is 19.1 Å². The summed E-state index contributed by atoms with van der Waals surface area (Å²) < 4.78 is 10.1. The Labute approximate surface area is 202 Å². The number of carbonyl (C=O) groups is 3. The monoisotopic (exact) mass is 475 g/mol. The minimum Gasteiger partial charge on any atom is -0.481 e. The van der Waals surface area contributed by atoms with Crippen LogP contribution < -0.4 is 10.6 Å². The van der Waals surface area contributed by atoms with Crippen LogP contribution in [0.5, 0.6) is 0 Å². The summed E-state index contributed by atoms with van der Waals surface area (Å²) in [5.74, 6) is -3.63. The van der Waals surface area contributed by atoms with E-state index in [1.54, 1.807) is 55.5 Å². The van der Waals surface area contributed by atoms with Gasteiger partial charge in [-0.25, -0.2) is 9.59 Å². The number of hydrogen-bond acceptors (Lipinski definition) is 8. The zero-order chi connectivity index (χ0) is 25.7. The molecule has 0 saturated carbocycles. The number of rotatable bonds is 7.